The molecular weight excluding hydrogens is 336 g/mol. The van der Waals surface area contributed by atoms with Gasteiger partial charge in [0.15, 0.2) is 0 Å². The minimum Gasteiger partial charge on any atom is -0.356 e. The molecule has 5 nitrogen and oxygen atoms in total. The van der Waals surface area contributed by atoms with Crippen LogP contribution < -0.4 is 5.32 Å². The molecule has 2 fully saturated rings. The molecule has 3 heterocycles. The first-order chi connectivity index (χ1) is 13.0. The molecule has 1 aromatic rings. The van der Waals surface area contributed by atoms with Gasteiger partial charge in [0.05, 0.1) is 12.2 Å². The molecule has 0 unspecified atom stereocenters. The summed E-state index contributed by atoms with van der Waals surface area (Å²) in [5, 5.41) is 7.84. The van der Waals surface area contributed by atoms with Gasteiger partial charge in [-0.15, -0.1) is 0 Å². The summed E-state index contributed by atoms with van der Waals surface area (Å²) >= 11 is 0. The van der Waals surface area contributed by atoms with Crippen LogP contribution in [0.25, 0.3) is 0 Å². The normalized spacial score (nSPS) is 23.1. The van der Waals surface area contributed by atoms with Crippen LogP contribution in [0.1, 0.15) is 62.4 Å². The van der Waals surface area contributed by atoms with Crippen molar-refractivity contribution in [2.24, 2.45) is 5.92 Å². The summed E-state index contributed by atoms with van der Waals surface area (Å²) in [6.07, 6.45) is 7.83. The highest BCUT2D eigenvalue weighted by atomic mass is 16.1. The quantitative estimate of drug-likeness (QED) is 0.747. The standard InChI is InChI=1S/C22H36N4O/c1-16(2)15-26-18(4)20(17(3)24-26)10-11-22(27)23-14-19-8-7-13-25-12-6-5-9-21(19)25/h19,21H,1,5-15H2,2-4H3,(H,23,27)/t19-,21-/m1/s1. The predicted octanol–water partition coefficient (Wildman–Crippen LogP) is 3.39. The fourth-order valence-electron chi connectivity index (χ4n) is 4.89. The van der Waals surface area contributed by atoms with E-state index in [1.807, 2.05) is 18.5 Å². The van der Waals surface area contributed by atoms with E-state index in [4.69, 9.17) is 0 Å². The highest BCUT2D eigenvalue weighted by molar-refractivity contribution is 5.76. The number of aryl methyl sites for hydroxylation is 1. The second-order valence-corrected chi connectivity index (χ2v) is 8.57. The number of piperidine rings is 2. The molecule has 150 valence electrons. The van der Waals surface area contributed by atoms with Gasteiger partial charge in [0, 0.05) is 24.7 Å². The highest BCUT2D eigenvalue weighted by Crippen LogP contribution is 2.30. The Morgan fingerprint density at radius 1 is 1.22 bits per heavy atom. The fraction of sp³-hybridized carbons (Fsp3) is 0.727. The third-order valence-electron chi connectivity index (χ3n) is 6.34. The molecule has 1 aromatic heterocycles. The third-order valence-corrected chi connectivity index (χ3v) is 6.34. The average molecular weight is 373 g/mol. The molecule has 0 aromatic carbocycles. The second-order valence-electron chi connectivity index (χ2n) is 8.57. The van der Waals surface area contributed by atoms with E-state index in [1.165, 1.54) is 50.8 Å². The van der Waals surface area contributed by atoms with Gasteiger partial charge in [-0.3, -0.25) is 9.48 Å². The number of nitrogens with zero attached hydrogens (tertiary/aromatic N) is 3. The first kappa shape index (κ1) is 20.1. The maximum absolute atomic E-state index is 12.5. The Morgan fingerprint density at radius 3 is 2.78 bits per heavy atom. The average Bonchev–Trinajstić information content (AvgIpc) is 2.90. The van der Waals surface area contributed by atoms with Crippen LogP contribution in [0.4, 0.5) is 0 Å². The number of carbonyl (C=O) groups excluding carboxylic acids is 1. The number of carbonyl (C=O) groups is 1. The van der Waals surface area contributed by atoms with Crippen molar-refractivity contribution in [1.82, 2.24) is 20.0 Å². The minimum atomic E-state index is 0.175. The van der Waals surface area contributed by atoms with Crippen LogP contribution in [0, 0.1) is 19.8 Å². The molecule has 5 heteroatoms. The minimum absolute atomic E-state index is 0.175. The van der Waals surface area contributed by atoms with Crippen LogP contribution in [0.3, 0.4) is 0 Å². The van der Waals surface area contributed by atoms with Crippen LogP contribution >= 0.6 is 0 Å². The Balaban J connectivity index is 1.48. The first-order valence-electron chi connectivity index (χ1n) is 10.6. The maximum Gasteiger partial charge on any atom is 0.220 e. The van der Waals surface area contributed by atoms with E-state index < -0.39 is 0 Å². The SMILES string of the molecule is C=C(C)Cn1nc(C)c(CCC(=O)NC[C@H]2CCCN3CCCC[C@H]23)c1C. The van der Waals surface area contributed by atoms with Crippen molar-refractivity contribution >= 4 is 5.91 Å². The van der Waals surface area contributed by atoms with Crippen molar-refractivity contribution in [3.8, 4) is 0 Å². The number of allylic oxidation sites excluding steroid dienone is 1. The Bertz CT molecular complexity index is 676. The van der Waals surface area contributed by atoms with Gasteiger partial charge in [0.2, 0.25) is 5.91 Å². The molecule has 2 aliphatic rings. The molecule has 0 aliphatic carbocycles. The van der Waals surface area contributed by atoms with Gasteiger partial charge in [-0.05, 0) is 77.4 Å². The summed E-state index contributed by atoms with van der Waals surface area (Å²) in [4.78, 5) is 15.1. The number of aromatic nitrogens is 2. The van der Waals surface area contributed by atoms with Crippen molar-refractivity contribution < 1.29 is 4.79 Å². The lowest BCUT2D eigenvalue weighted by Crippen LogP contribution is -2.51. The van der Waals surface area contributed by atoms with Crippen molar-refractivity contribution in [2.75, 3.05) is 19.6 Å². The van der Waals surface area contributed by atoms with Crippen LogP contribution in [0.2, 0.25) is 0 Å². The van der Waals surface area contributed by atoms with Crippen LogP contribution in [0.5, 0.6) is 0 Å². The number of hydrogen-bond donors (Lipinski definition) is 1. The molecule has 0 radical (unpaired) electrons. The zero-order valence-electron chi connectivity index (χ0n) is 17.4. The van der Waals surface area contributed by atoms with Crippen LogP contribution in [-0.2, 0) is 17.8 Å². The third kappa shape index (κ3) is 5.01. The van der Waals surface area contributed by atoms with Crippen molar-refractivity contribution in [2.45, 2.75) is 78.3 Å². The van der Waals surface area contributed by atoms with Crippen LogP contribution in [0.15, 0.2) is 12.2 Å². The molecule has 27 heavy (non-hydrogen) atoms. The summed E-state index contributed by atoms with van der Waals surface area (Å²) in [6, 6.07) is 0.692. The second kappa shape index (κ2) is 9.05. The molecule has 2 saturated heterocycles. The smallest absolute Gasteiger partial charge is 0.220 e. The maximum atomic E-state index is 12.5. The van der Waals surface area contributed by atoms with E-state index in [9.17, 15) is 4.79 Å². The van der Waals surface area contributed by atoms with E-state index in [-0.39, 0.29) is 5.91 Å². The lowest BCUT2D eigenvalue weighted by Gasteiger charge is -2.44. The number of amides is 1. The molecule has 2 atom stereocenters. The van der Waals surface area contributed by atoms with Gasteiger partial charge in [0.25, 0.3) is 0 Å². The summed E-state index contributed by atoms with van der Waals surface area (Å²) in [5.74, 6) is 0.805. The van der Waals surface area contributed by atoms with Crippen molar-refractivity contribution in [1.29, 1.82) is 0 Å². The Morgan fingerprint density at radius 2 is 2.00 bits per heavy atom. The first-order valence-corrected chi connectivity index (χ1v) is 10.6. The Hall–Kier alpha value is -1.62. The van der Waals surface area contributed by atoms with Gasteiger partial charge < -0.3 is 10.2 Å². The predicted molar refractivity (Wildman–Crippen MR) is 110 cm³/mol. The van der Waals surface area contributed by atoms with Gasteiger partial charge >= 0.3 is 0 Å². The van der Waals surface area contributed by atoms with E-state index in [0.717, 1.165) is 36.5 Å². The summed E-state index contributed by atoms with van der Waals surface area (Å²) in [6.45, 7) is 14.2. The molecule has 1 amide bonds. The number of fused-ring (bicyclic) bond motifs is 1. The topological polar surface area (TPSA) is 50.2 Å². The number of hydrogen-bond acceptors (Lipinski definition) is 3. The molecule has 0 saturated carbocycles. The van der Waals surface area contributed by atoms with Gasteiger partial charge in [-0.1, -0.05) is 18.6 Å². The molecule has 2 aliphatic heterocycles. The van der Waals surface area contributed by atoms with E-state index in [0.29, 0.717) is 18.4 Å². The molecule has 0 spiro atoms. The van der Waals surface area contributed by atoms with E-state index >= 15 is 0 Å². The Kier molecular flexibility index (Phi) is 6.74. The lowest BCUT2D eigenvalue weighted by molar-refractivity contribution is -0.121. The fourth-order valence-corrected chi connectivity index (χ4v) is 4.89. The van der Waals surface area contributed by atoms with Crippen molar-refractivity contribution in [3.05, 3.63) is 29.1 Å². The van der Waals surface area contributed by atoms with Crippen LogP contribution in [-0.4, -0.2) is 46.3 Å². The van der Waals surface area contributed by atoms with Gasteiger partial charge in [-0.25, -0.2) is 0 Å². The summed E-state index contributed by atoms with van der Waals surface area (Å²) in [7, 11) is 0. The monoisotopic (exact) mass is 372 g/mol. The lowest BCUT2D eigenvalue weighted by atomic mass is 9.83. The zero-order valence-corrected chi connectivity index (χ0v) is 17.4. The number of rotatable bonds is 7. The molecular formula is C22H36N4O. The van der Waals surface area contributed by atoms with Crippen molar-refractivity contribution in [3.63, 3.8) is 0 Å². The zero-order chi connectivity index (χ0) is 19.4. The highest BCUT2D eigenvalue weighted by Gasteiger charge is 2.32. The molecule has 0 bridgehead atoms. The summed E-state index contributed by atoms with van der Waals surface area (Å²) in [5.41, 5.74) is 4.50. The largest absolute Gasteiger partial charge is 0.356 e. The van der Waals surface area contributed by atoms with E-state index in [1.54, 1.807) is 0 Å². The van der Waals surface area contributed by atoms with Gasteiger partial charge in [-0.2, -0.15) is 5.10 Å². The number of nitrogens with one attached hydrogen (secondary N) is 1. The van der Waals surface area contributed by atoms with Gasteiger partial charge in [0.1, 0.15) is 0 Å². The molecule has 1 N–H and O–H groups in total. The Labute approximate surface area is 164 Å². The molecule has 3 rings (SSSR count). The summed E-state index contributed by atoms with van der Waals surface area (Å²) < 4.78 is 2.00. The van der Waals surface area contributed by atoms with E-state index in [2.05, 4.69) is 28.8 Å².